The normalized spacial score (nSPS) is 10.3. The van der Waals surface area contributed by atoms with Crippen LogP contribution in [0.15, 0.2) is 11.6 Å². The zero-order valence-electron chi connectivity index (χ0n) is 7.68. The van der Waals surface area contributed by atoms with Crippen LogP contribution in [0.1, 0.15) is 6.92 Å². The summed E-state index contributed by atoms with van der Waals surface area (Å²) in [5.74, 6) is -2.95. The molecule has 0 aromatic heterocycles. The van der Waals surface area contributed by atoms with Gasteiger partial charge in [0.2, 0.25) is 0 Å². The van der Waals surface area contributed by atoms with E-state index in [-0.39, 0.29) is 12.7 Å². The van der Waals surface area contributed by atoms with Gasteiger partial charge in [0.05, 0.1) is 12.2 Å². The Morgan fingerprint density at radius 3 is 2.00 bits per heavy atom. The standard InChI is InChI=1S/C8H8F4O3/c1-2-15-8(14)5(13)3-4(6(9)10)7(11)12/h3,6-7H,2H2,1H3. The maximum atomic E-state index is 11.9. The third-order valence-electron chi connectivity index (χ3n) is 1.28. The third-order valence-corrected chi connectivity index (χ3v) is 1.28. The van der Waals surface area contributed by atoms with E-state index < -0.39 is 30.2 Å². The van der Waals surface area contributed by atoms with E-state index in [1.54, 1.807) is 0 Å². The van der Waals surface area contributed by atoms with E-state index >= 15 is 0 Å². The fraction of sp³-hybridized carbons (Fsp3) is 0.500. The molecule has 0 spiro atoms. The van der Waals surface area contributed by atoms with E-state index in [1.807, 2.05) is 0 Å². The van der Waals surface area contributed by atoms with Crippen molar-refractivity contribution in [2.45, 2.75) is 19.8 Å². The largest absolute Gasteiger partial charge is 0.460 e. The van der Waals surface area contributed by atoms with Gasteiger partial charge < -0.3 is 4.74 Å². The van der Waals surface area contributed by atoms with Crippen molar-refractivity contribution in [3.8, 4) is 0 Å². The smallest absolute Gasteiger partial charge is 0.379 e. The number of hydrogen-bond donors (Lipinski definition) is 0. The van der Waals surface area contributed by atoms with Crippen LogP contribution < -0.4 is 0 Å². The Bertz CT molecular complexity index is 263. The lowest BCUT2D eigenvalue weighted by Gasteiger charge is -2.03. The number of halogens is 4. The highest BCUT2D eigenvalue weighted by Crippen LogP contribution is 2.17. The van der Waals surface area contributed by atoms with Crippen LogP contribution in [0.3, 0.4) is 0 Å². The first-order valence-corrected chi connectivity index (χ1v) is 3.89. The van der Waals surface area contributed by atoms with Crippen LogP contribution in [-0.4, -0.2) is 31.2 Å². The molecule has 0 unspecified atom stereocenters. The van der Waals surface area contributed by atoms with Crippen LogP contribution in [0.2, 0.25) is 0 Å². The number of rotatable bonds is 5. The van der Waals surface area contributed by atoms with E-state index in [1.165, 1.54) is 6.92 Å². The molecular formula is C8H8F4O3. The van der Waals surface area contributed by atoms with E-state index in [0.717, 1.165) is 0 Å². The van der Waals surface area contributed by atoms with Crippen molar-refractivity contribution in [2.24, 2.45) is 0 Å². The minimum absolute atomic E-state index is 0.0900. The third kappa shape index (κ3) is 4.57. The molecule has 86 valence electrons. The Morgan fingerprint density at radius 1 is 1.20 bits per heavy atom. The van der Waals surface area contributed by atoms with Gasteiger partial charge in [-0.25, -0.2) is 22.4 Å². The predicted molar refractivity (Wildman–Crippen MR) is 41.7 cm³/mol. The molecule has 0 saturated heterocycles. The van der Waals surface area contributed by atoms with Gasteiger partial charge in [0.15, 0.2) is 0 Å². The molecule has 0 radical (unpaired) electrons. The van der Waals surface area contributed by atoms with Crippen LogP contribution in [0.4, 0.5) is 17.6 Å². The molecule has 0 aromatic carbocycles. The first kappa shape index (κ1) is 13.6. The molecular weight excluding hydrogens is 220 g/mol. The summed E-state index contributed by atoms with van der Waals surface area (Å²) < 4.78 is 51.8. The molecule has 0 aliphatic rings. The molecule has 3 nitrogen and oxygen atoms in total. The number of alkyl halides is 4. The second-order valence-electron chi connectivity index (χ2n) is 2.33. The number of hydrogen-bond acceptors (Lipinski definition) is 3. The van der Waals surface area contributed by atoms with E-state index in [4.69, 9.17) is 0 Å². The summed E-state index contributed by atoms with van der Waals surface area (Å²) in [6, 6.07) is 0. The monoisotopic (exact) mass is 228 g/mol. The van der Waals surface area contributed by atoms with Crippen molar-refractivity contribution in [3.63, 3.8) is 0 Å². The molecule has 0 saturated carbocycles. The molecule has 0 aliphatic heterocycles. The van der Waals surface area contributed by atoms with E-state index in [9.17, 15) is 27.2 Å². The van der Waals surface area contributed by atoms with Crippen molar-refractivity contribution in [1.82, 2.24) is 0 Å². The maximum Gasteiger partial charge on any atom is 0.379 e. The average molecular weight is 228 g/mol. The Hall–Kier alpha value is -1.40. The average Bonchev–Trinajstić information content (AvgIpc) is 2.12. The summed E-state index contributed by atoms with van der Waals surface area (Å²) in [5, 5.41) is 0. The quantitative estimate of drug-likeness (QED) is 0.310. The van der Waals surface area contributed by atoms with Gasteiger partial charge in [0.1, 0.15) is 0 Å². The fourth-order valence-corrected chi connectivity index (χ4v) is 0.634. The second-order valence-corrected chi connectivity index (χ2v) is 2.33. The van der Waals surface area contributed by atoms with Crippen molar-refractivity contribution in [1.29, 1.82) is 0 Å². The van der Waals surface area contributed by atoms with Gasteiger partial charge in [-0.1, -0.05) is 0 Å². The molecule has 0 aromatic rings. The predicted octanol–water partition coefficient (Wildman–Crippen LogP) is 1.58. The fourth-order valence-electron chi connectivity index (χ4n) is 0.634. The zero-order valence-corrected chi connectivity index (χ0v) is 7.68. The number of carbonyl (C=O) groups excluding carboxylic acids is 2. The van der Waals surface area contributed by atoms with Crippen molar-refractivity contribution < 1.29 is 31.9 Å². The zero-order chi connectivity index (χ0) is 12.0. The lowest BCUT2D eigenvalue weighted by atomic mass is 10.2. The highest BCUT2D eigenvalue weighted by Gasteiger charge is 2.24. The minimum atomic E-state index is -3.48. The summed E-state index contributed by atoms with van der Waals surface area (Å²) >= 11 is 0. The van der Waals surface area contributed by atoms with Crippen LogP contribution in [0.25, 0.3) is 0 Å². The van der Waals surface area contributed by atoms with Gasteiger partial charge in [-0.05, 0) is 6.92 Å². The highest BCUT2D eigenvalue weighted by molar-refractivity contribution is 6.38. The van der Waals surface area contributed by atoms with Gasteiger partial charge in [-0.2, -0.15) is 0 Å². The Labute approximate surface area is 82.7 Å². The summed E-state index contributed by atoms with van der Waals surface area (Å²) in [6.45, 7) is 1.24. The summed E-state index contributed by atoms with van der Waals surface area (Å²) in [5.41, 5.74) is -1.69. The van der Waals surface area contributed by atoms with Gasteiger partial charge in [-0.3, -0.25) is 4.79 Å². The number of ether oxygens (including phenoxy) is 1. The molecule has 0 bridgehead atoms. The molecule has 0 heterocycles. The Morgan fingerprint density at radius 2 is 1.67 bits per heavy atom. The number of carbonyl (C=O) groups is 2. The molecule has 0 fully saturated rings. The summed E-state index contributed by atoms with van der Waals surface area (Å²) in [7, 11) is 0. The van der Waals surface area contributed by atoms with Gasteiger partial charge in [-0.15, -0.1) is 0 Å². The van der Waals surface area contributed by atoms with Crippen LogP contribution in [0, 0.1) is 0 Å². The van der Waals surface area contributed by atoms with Crippen molar-refractivity contribution >= 4 is 11.8 Å². The summed E-state index contributed by atoms with van der Waals surface area (Å²) in [4.78, 5) is 21.4. The maximum absolute atomic E-state index is 11.9. The molecule has 0 rings (SSSR count). The number of allylic oxidation sites excluding steroid dienone is 1. The highest BCUT2D eigenvalue weighted by atomic mass is 19.3. The van der Waals surface area contributed by atoms with Crippen LogP contribution >= 0.6 is 0 Å². The van der Waals surface area contributed by atoms with Crippen LogP contribution in [0.5, 0.6) is 0 Å². The molecule has 0 aliphatic carbocycles. The first-order valence-electron chi connectivity index (χ1n) is 3.89. The lowest BCUT2D eigenvalue weighted by Crippen LogP contribution is -2.18. The molecule has 0 amide bonds. The van der Waals surface area contributed by atoms with E-state index in [2.05, 4.69) is 4.74 Å². The van der Waals surface area contributed by atoms with Gasteiger partial charge in [0.25, 0.3) is 18.6 Å². The number of esters is 1. The van der Waals surface area contributed by atoms with Gasteiger partial charge in [0, 0.05) is 6.08 Å². The summed E-state index contributed by atoms with van der Waals surface area (Å²) in [6.07, 6.45) is -7.06. The molecule has 7 heteroatoms. The lowest BCUT2D eigenvalue weighted by molar-refractivity contribution is -0.151. The van der Waals surface area contributed by atoms with E-state index in [0.29, 0.717) is 0 Å². The topological polar surface area (TPSA) is 43.4 Å². The molecule has 0 N–H and O–H groups in total. The molecule has 0 atom stereocenters. The van der Waals surface area contributed by atoms with Gasteiger partial charge >= 0.3 is 5.97 Å². The second kappa shape index (κ2) is 6.15. The Balaban J connectivity index is 4.69. The minimum Gasteiger partial charge on any atom is -0.460 e. The Kier molecular flexibility index (Phi) is 5.58. The molecule has 15 heavy (non-hydrogen) atoms. The van der Waals surface area contributed by atoms with Crippen molar-refractivity contribution in [3.05, 3.63) is 11.6 Å². The first-order chi connectivity index (χ1) is 6.90. The van der Waals surface area contributed by atoms with Crippen LogP contribution in [-0.2, 0) is 14.3 Å². The number of ketones is 1. The SMILES string of the molecule is CCOC(=O)C(=O)C=C(C(F)F)C(F)F. The van der Waals surface area contributed by atoms with Crippen molar-refractivity contribution in [2.75, 3.05) is 6.61 Å².